The number of hydrogen-bond donors (Lipinski definition) is 0. The van der Waals surface area contributed by atoms with Crippen molar-refractivity contribution in [2.24, 2.45) is 17.3 Å². The van der Waals surface area contributed by atoms with Crippen LogP contribution < -0.4 is 4.74 Å². The molecule has 1 heteroatoms. The molecule has 0 N–H and O–H groups in total. The van der Waals surface area contributed by atoms with Crippen LogP contribution in [0.2, 0.25) is 0 Å². The van der Waals surface area contributed by atoms with Gasteiger partial charge in [0, 0.05) is 10.8 Å². The summed E-state index contributed by atoms with van der Waals surface area (Å²) in [5.74, 6) is 3.04. The largest absolute Gasteiger partial charge is 0.492 e. The van der Waals surface area contributed by atoms with Gasteiger partial charge in [-0.2, -0.15) is 0 Å². The molecule has 3 aromatic rings. The van der Waals surface area contributed by atoms with Gasteiger partial charge in [-0.3, -0.25) is 0 Å². The average molecular weight is 314 g/mol. The van der Waals surface area contributed by atoms with E-state index < -0.39 is 0 Å². The first-order valence-electron chi connectivity index (χ1n) is 9.39. The molecule has 1 heterocycles. The number of hydrogen-bond acceptors (Lipinski definition) is 1. The summed E-state index contributed by atoms with van der Waals surface area (Å²) < 4.78 is 6.48. The molecular formula is C23H22O. The summed E-state index contributed by atoms with van der Waals surface area (Å²) in [6, 6.07) is 17.8. The van der Waals surface area contributed by atoms with Crippen LogP contribution in [0.4, 0.5) is 0 Å². The summed E-state index contributed by atoms with van der Waals surface area (Å²) in [4.78, 5) is 0. The smallest absolute Gasteiger partial charge is 0.130 e. The van der Waals surface area contributed by atoms with Gasteiger partial charge >= 0.3 is 0 Å². The van der Waals surface area contributed by atoms with Crippen molar-refractivity contribution in [3.8, 4) is 5.75 Å². The molecular weight excluding hydrogens is 292 g/mol. The number of rotatable bonds is 0. The molecule has 3 aromatic carbocycles. The minimum absolute atomic E-state index is 0.445. The highest BCUT2D eigenvalue weighted by Crippen LogP contribution is 2.59. The van der Waals surface area contributed by atoms with Gasteiger partial charge in [0.15, 0.2) is 0 Å². The van der Waals surface area contributed by atoms with Crippen molar-refractivity contribution in [1.29, 1.82) is 0 Å². The Labute approximate surface area is 142 Å². The summed E-state index contributed by atoms with van der Waals surface area (Å²) in [7, 11) is 0. The zero-order valence-electron chi connectivity index (χ0n) is 13.9. The van der Waals surface area contributed by atoms with Crippen LogP contribution in [0.25, 0.3) is 21.5 Å². The van der Waals surface area contributed by atoms with E-state index in [1.807, 2.05) is 0 Å². The van der Waals surface area contributed by atoms with E-state index in [0.717, 1.165) is 24.2 Å². The zero-order chi connectivity index (χ0) is 15.7. The SMILES string of the molecule is c1ccc2c(c1)ccc1c3c(ccc12)CC1(CO3)CC2CCC1C2. The molecule has 2 bridgehead atoms. The lowest BCUT2D eigenvalue weighted by atomic mass is 9.68. The van der Waals surface area contributed by atoms with Crippen molar-refractivity contribution in [2.75, 3.05) is 6.61 Å². The van der Waals surface area contributed by atoms with Crippen molar-refractivity contribution in [2.45, 2.75) is 32.1 Å². The fourth-order valence-corrected chi connectivity index (χ4v) is 6.01. The first-order chi connectivity index (χ1) is 11.8. The Bertz CT molecular complexity index is 972. The first kappa shape index (κ1) is 13.3. The van der Waals surface area contributed by atoms with Gasteiger partial charge in [0.25, 0.3) is 0 Å². The molecule has 3 atom stereocenters. The first-order valence-corrected chi connectivity index (χ1v) is 9.39. The topological polar surface area (TPSA) is 9.23 Å². The van der Waals surface area contributed by atoms with E-state index in [0.29, 0.717) is 5.41 Å². The predicted molar refractivity (Wildman–Crippen MR) is 98.5 cm³/mol. The Morgan fingerprint density at radius 2 is 1.79 bits per heavy atom. The van der Waals surface area contributed by atoms with Crippen LogP contribution in [0.15, 0.2) is 48.5 Å². The lowest BCUT2D eigenvalue weighted by Crippen LogP contribution is -2.39. The molecule has 1 spiro atoms. The highest BCUT2D eigenvalue weighted by molar-refractivity contribution is 6.09. The molecule has 2 fully saturated rings. The number of benzene rings is 3. The molecule has 2 saturated carbocycles. The average Bonchev–Trinajstić information content (AvgIpc) is 3.22. The summed E-state index contributed by atoms with van der Waals surface area (Å²) in [6.45, 7) is 0.938. The molecule has 0 radical (unpaired) electrons. The summed E-state index contributed by atoms with van der Waals surface area (Å²) >= 11 is 0. The quantitative estimate of drug-likeness (QED) is 0.481. The summed E-state index contributed by atoms with van der Waals surface area (Å²) in [5.41, 5.74) is 1.89. The Balaban J connectivity index is 1.52. The molecule has 3 aliphatic rings. The van der Waals surface area contributed by atoms with Crippen LogP contribution in [-0.4, -0.2) is 6.61 Å². The zero-order valence-corrected chi connectivity index (χ0v) is 13.9. The van der Waals surface area contributed by atoms with Crippen molar-refractivity contribution in [1.82, 2.24) is 0 Å². The van der Waals surface area contributed by atoms with Crippen molar-refractivity contribution >= 4 is 21.5 Å². The Kier molecular flexibility index (Phi) is 2.51. The fourth-order valence-electron chi connectivity index (χ4n) is 6.01. The third-order valence-corrected chi connectivity index (χ3v) is 7.11. The van der Waals surface area contributed by atoms with Crippen molar-refractivity contribution in [3.63, 3.8) is 0 Å². The predicted octanol–water partition coefficient (Wildman–Crippen LogP) is 5.73. The molecule has 0 aromatic heterocycles. The van der Waals surface area contributed by atoms with Crippen LogP contribution in [0.1, 0.15) is 31.2 Å². The van der Waals surface area contributed by atoms with E-state index in [4.69, 9.17) is 4.74 Å². The van der Waals surface area contributed by atoms with Crippen LogP contribution in [0.3, 0.4) is 0 Å². The molecule has 2 aliphatic carbocycles. The van der Waals surface area contributed by atoms with Gasteiger partial charge in [0.1, 0.15) is 5.75 Å². The van der Waals surface area contributed by atoms with Crippen LogP contribution in [-0.2, 0) is 6.42 Å². The molecule has 1 nitrogen and oxygen atoms in total. The second kappa shape index (κ2) is 4.53. The van der Waals surface area contributed by atoms with E-state index in [-0.39, 0.29) is 0 Å². The van der Waals surface area contributed by atoms with Crippen molar-refractivity contribution < 1.29 is 4.74 Å². The molecule has 0 saturated heterocycles. The van der Waals surface area contributed by atoms with E-state index in [2.05, 4.69) is 48.5 Å². The van der Waals surface area contributed by atoms with Gasteiger partial charge in [-0.25, -0.2) is 0 Å². The lowest BCUT2D eigenvalue weighted by Gasteiger charge is -2.41. The maximum atomic E-state index is 6.48. The Morgan fingerprint density at radius 3 is 2.67 bits per heavy atom. The molecule has 0 amide bonds. The van der Waals surface area contributed by atoms with Crippen molar-refractivity contribution in [3.05, 3.63) is 54.1 Å². The Morgan fingerprint density at radius 1 is 0.875 bits per heavy atom. The normalized spacial score (nSPS) is 30.8. The van der Waals surface area contributed by atoms with E-state index in [1.54, 1.807) is 0 Å². The van der Waals surface area contributed by atoms with Gasteiger partial charge in [-0.05, 0) is 59.2 Å². The minimum Gasteiger partial charge on any atom is -0.492 e. The molecule has 24 heavy (non-hydrogen) atoms. The third-order valence-electron chi connectivity index (χ3n) is 7.11. The van der Waals surface area contributed by atoms with Gasteiger partial charge < -0.3 is 4.74 Å². The maximum absolute atomic E-state index is 6.48. The summed E-state index contributed by atoms with van der Waals surface area (Å²) in [6.07, 6.45) is 6.97. The Hall–Kier alpha value is -2.02. The number of fused-ring (bicyclic) bond motifs is 8. The molecule has 1 aliphatic heterocycles. The fraction of sp³-hybridized carbons (Fsp3) is 0.391. The second-order valence-electron chi connectivity index (χ2n) is 8.34. The highest BCUT2D eigenvalue weighted by atomic mass is 16.5. The lowest BCUT2D eigenvalue weighted by molar-refractivity contribution is 0.0623. The molecule has 120 valence electrons. The van der Waals surface area contributed by atoms with Gasteiger partial charge in [0.2, 0.25) is 0 Å². The van der Waals surface area contributed by atoms with Crippen LogP contribution >= 0.6 is 0 Å². The third kappa shape index (κ3) is 1.65. The minimum atomic E-state index is 0.445. The summed E-state index contributed by atoms with van der Waals surface area (Å²) in [5, 5.41) is 5.27. The van der Waals surface area contributed by atoms with Crippen LogP contribution in [0.5, 0.6) is 5.75 Å². The standard InChI is InChI=1S/C23H22O/c1-2-4-19-16(3-1)6-10-21-20(19)9-7-17-13-23(14-24-22(17)21)12-15-5-8-18(23)11-15/h1-4,6-7,9-10,15,18H,5,8,11-14H2. The highest BCUT2D eigenvalue weighted by Gasteiger charge is 2.52. The van der Waals surface area contributed by atoms with Gasteiger partial charge in [-0.1, -0.05) is 55.0 Å². The second-order valence-corrected chi connectivity index (χ2v) is 8.34. The van der Waals surface area contributed by atoms with Gasteiger partial charge in [-0.15, -0.1) is 0 Å². The monoisotopic (exact) mass is 314 g/mol. The van der Waals surface area contributed by atoms with Crippen LogP contribution in [0, 0.1) is 17.3 Å². The number of ether oxygens (including phenoxy) is 1. The molecule has 6 rings (SSSR count). The maximum Gasteiger partial charge on any atom is 0.130 e. The van der Waals surface area contributed by atoms with E-state index >= 15 is 0 Å². The van der Waals surface area contributed by atoms with Gasteiger partial charge in [0.05, 0.1) is 6.61 Å². The van der Waals surface area contributed by atoms with E-state index in [1.165, 1.54) is 59.2 Å². The van der Waals surface area contributed by atoms with E-state index in [9.17, 15) is 0 Å². The molecule has 3 unspecified atom stereocenters.